The Bertz CT molecular complexity index is 904. The summed E-state index contributed by atoms with van der Waals surface area (Å²) in [6.45, 7) is 7.77. The highest BCUT2D eigenvalue weighted by Crippen LogP contribution is 2.26. The van der Waals surface area contributed by atoms with Crippen LogP contribution in [0.25, 0.3) is 0 Å². The number of carbonyl (C=O) groups excluding carboxylic acids is 2. The number of amides is 2. The van der Waals surface area contributed by atoms with Crippen molar-refractivity contribution in [1.29, 1.82) is 0 Å². The Hall–Kier alpha value is -2.96. The Morgan fingerprint density at radius 3 is 2.42 bits per heavy atom. The second-order valence-corrected chi connectivity index (χ2v) is 8.07. The number of likely N-dealkylation sites (N-methyl/N-ethyl adjacent to an activating group) is 1. The molecule has 1 atom stereocenters. The van der Waals surface area contributed by atoms with Crippen LogP contribution in [-0.4, -0.2) is 53.4 Å². The Morgan fingerprint density at radius 2 is 1.81 bits per heavy atom. The summed E-state index contributed by atoms with van der Waals surface area (Å²) in [6, 6.07) is 7.62. The number of aryl methyl sites for hydroxylation is 2. The van der Waals surface area contributed by atoms with Crippen LogP contribution in [0.1, 0.15) is 54.0 Å². The second-order valence-electron chi connectivity index (χ2n) is 8.07. The molecule has 0 aliphatic carbocycles. The van der Waals surface area contributed by atoms with Crippen LogP contribution in [-0.2, 0) is 22.4 Å². The van der Waals surface area contributed by atoms with Gasteiger partial charge >= 0.3 is 0 Å². The van der Waals surface area contributed by atoms with Gasteiger partial charge in [0.05, 0.1) is 20.0 Å². The van der Waals surface area contributed by atoms with Gasteiger partial charge in [-0.15, -0.1) is 0 Å². The first-order valence-electron chi connectivity index (χ1n) is 10.9. The minimum atomic E-state index is -0.0157. The van der Waals surface area contributed by atoms with Crippen molar-refractivity contribution in [2.24, 2.45) is 0 Å². The van der Waals surface area contributed by atoms with Crippen molar-refractivity contribution >= 4 is 11.8 Å². The SMILES string of the molecule is CCNC(=O)Cc1c(C)nc([C@@H]2CCCN(C(=O)Cc3ccc(OC)cc3)C2)nc1C. The molecular formula is C24H32N4O3. The normalized spacial score (nSPS) is 16.1. The maximum Gasteiger partial charge on any atom is 0.227 e. The summed E-state index contributed by atoms with van der Waals surface area (Å²) in [5.74, 6) is 1.78. The summed E-state index contributed by atoms with van der Waals surface area (Å²) in [5.41, 5.74) is 3.55. The molecule has 1 N–H and O–H groups in total. The van der Waals surface area contributed by atoms with Gasteiger partial charge in [-0.05, 0) is 51.3 Å². The van der Waals surface area contributed by atoms with Gasteiger partial charge in [0, 0.05) is 42.5 Å². The van der Waals surface area contributed by atoms with E-state index in [1.54, 1.807) is 7.11 Å². The van der Waals surface area contributed by atoms with Gasteiger partial charge in [-0.3, -0.25) is 9.59 Å². The lowest BCUT2D eigenvalue weighted by atomic mass is 9.95. The molecule has 7 heteroatoms. The van der Waals surface area contributed by atoms with Gasteiger partial charge in [0.1, 0.15) is 11.6 Å². The van der Waals surface area contributed by atoms with E-state index >= 15 is 0 Å². The molecule has 31 heavy (non-hydrogen) atoms. The molecule has 166 valence electrons. The molecule has 7 nitrogen and oxygen atoms in total. The molecule has 1 aromatic carbocycles. The molecule has 0 unspecified atom stereocenters. The van der Waals surface area contributed by atoms with Crippen LogP contribution in [0.3, 0.4) is 0 Å². The molecule has 1 aliphatic heterocycles. The number of hydrogen-bond donors (Lipinski definition) is 1. The Kier molecular flexibility index (Phi) is 7.60. The van der Waals surface area contributed by atoms with Gasteiger partial charge in [0.2, 0.25) is 11.8 Å². The fraction of sp³-hybridized carbons (Fsp3) is 0.500. The first-order valence-corrected chi connectivity index (χ1v) is 10.9. The van der Waals surface area contributed by atoms with Crippen LogP contribution in [0.4, 0.5) is 0 Å². The molecule has 0 saturated carbocycles. The minimum Gasteiger partial charge on any atom is -0.497 e. The Labute approximate surface area is 184 Å². The van der Waals surface area contributed by atoms with Gasteiger partial charge in [-0.2, -0.15) is 0 Å². The second kappa shape index (κ2) is 10.4. The predicted octanol–water partition coefficient (Wildman–Crippen LogP) is 2.73. The third-order valence-corrected chi connectivity index (χ3v) is 5.80. The Morgan fingerprint density at radius 1 is 1.13 bits per heavy atom. The van der Waals surface area contributed by atoms with Crippen molar-refractivity contribution in [2.75, 3.05) is 26.7 Å². The molecule has 0 spiro atoms. The van der Waals surface area contributed by atoms with E-state index in [4.69, 9.17) is 14.7 Å². The van der Waals surface area contributed by atoms with Crippen LogP contribution in [0.2, 0.25) is 0 Å². The van der Waals surface area contributed by atoms with E-state index in [1.807, 2.05) is 49.9 Å². The molecule has 2 aromatic rings. The van der Waals surface area contributed by atoms with Gasteiger partial charge in [-0.25, -0.2) is 9.97 Å². The maximum absolute atomic E-state index is 12.9. The minimum absolute atomic E-state index is 0.0157. The number of likely N-dealkylation sites (tertiary alicyclic amines) is 1. The van der Waals surface area contributed by atoms with E-state index in [-0.39, 0.29) is 17.7 Å². The molecule has 0 radical (unpaired) electrons. The zero-order valence-electron chi connectivity index (χ0n) is 18.9. The van der Waals surface area contributed by atoms with E-state index < -0.39 is 0 Å². The fourth-order valence-electron chi connectivity index (χ4n) is 4.07. The van der Waals surface area contributed by atoms with E-state index in [0.29, 0.717) is 25.9 Å². The van der Waals surface area contributed by atoms with E-state index in [0.717, 1.165) is 53.5 Å². The lowest BCUT2D eigenvalue weighted by molar-refractivity contribution is -0.131. The van der Waals surface area contributed by atoms with Crippen LogP contribution in [0, 0.1) is 13.8 Å². The number of carbonyl (C=O) groups is 2. The molecule has 1 fully saturated rings. The fourth-order valence-corrected chi connectivity index (χ4v) is 4.07. The number of rotatable bonds is 7. The van der Waals surface area contributed by atoms with Crippen LogP contribution >= 0.6 is 0 Å². The number of methoxy groups -OCH3 is 1. The Balaban J connectivity index is 1.68. The van der Waals surface area contributed by atoms with Gasteiger partial charge in [0.15, 0.2) is 0 Å². The number of nitrogens with one attached hydrogen (secondary N) is 1. The van der Waals surface area contributed by atoms with E-state index in [2.05, 4.69) is 5.32 Å². The average Bonchev–Trinajstić information content (AvgIpc) is 2.77. The predicted molar refractivity (Wildman–Crippen MR) is 119 cm³/mol. The third-order valence-electron chi connectivity index (χ3n) is 5.80. The van der Waals surface area contributed by atoms with E-state index in [9.17, 15) is 9.59 Å². The van der Waals surface area contributed by atoms with Crippen molar-refractivity contribution in [1.82, 2.24) is 20.2 Å². The molecule has 1 aliphatic rings. The topological polar surface area (TPSA) is 84.4 Å². The van der Waals surface area contributed by atoms with Gasteiger partial charge < -0.3 is 15.0 Å². The maximum atomic E-state index is 12.9. The summed E-state index contributed by atoms with van der Waals surface area (Å²) in [7, 11) is 1.63. The van der Waals surface area contributed by atoms with Crippen molar-refractivity contribution in [3.05, 3.63) is 52.6 Å². The summed E-state index contributed by atoms with van der Waals surface area (Å²) < 4.78 is 5.18. The van der Waals surface area contributed by atoms with Crippen molar-refractivity contribution < 1.29 is 14.3 Å². The smallest absolute Gasteiger partial charge is 0.227 e. The van der Waals surface area contributed by atoms with Gasteiger partial charge in [0.25, 0.3) is 0 Å². The number of benzene rings is 1. The number of piperidine rings is 1. The van der Waals surface area contributed by atoms with Crippen molar-refractivity contribution in [2.45, 2.75) is 52.4 Å². The highest BCUT2D eigenvalue weighted by atomic mass is 16.5. The van der Waals surface area contributed by atoms with Crippen LogP contribution in [0.5, 0.6) is 5.75 Å². The number of nitrogens with zero attached hydrogens (tertiary/aromatic N) is 3. The van der Waals surface area contributed by atoms with Crippen molar-refractivity contribution in [3.8, 4) is 5.75 Å². The largest absolute Gasteiger partial charge is 0.497 e. The molecule has 2 amide bonds. The first kappa shape index (κ1) is 22.7. The highest BCUT2D eigenvalue weighted by Gasteiger charge is 2.27. The molecule has 2 heterocycles. The number of aromatic nitrogens is 2. The zero-order valence-corrected chi connectivity index (χ0v) is 18.9. The first-order chi connectivity index (χ1) is 14.9. The molecular weight excluding hydrogens is 392 g/mol. The summed E-state index contributed by atoms with van der Waals surface area (Å²) in [4.78, 5) is 36.2. The summed E-state index contributed by atoms with van der Waals surface area (Å²) in [6.07, 6.45) is 2.56. The monoisotopic (exact) mass is 424 g/mol. The molecule has 1 saturated heterocycles. The summed E-state index contributed by atoms with van der Waals surface area (Å²) >= 11 is 0. The zero-order chi connectivity index (χ0) is 22.4. The highest BCUT2D eigenvalue weighted by molar-refractivity contribution is 5.79. The van der Waals surface area contributed by atoms with E-state index in [1.165, 1.54) is 0 Å². The molecule has 0 bridgehead atoms. The van der Waals surface area contributed by atoms with Crippen LogP contribution < -0.4 is 10.1 Å². The third kappa shape index (κ3) is 5.81. The summed E-state index contributed by atoms with van der Waals surface area (Å²) in [5, 5.41) is 2.83. The van der Waals surface area contributed by atoms with Crippen LogP contribution in [0.15, 0.2) is 24.3 Å². The lowest BCUT2D eigenvalue weighted by Gasteiger charge is -2.32. The standard InChI is InChI=1S/C24H32N4O3/c1-5-25-22(29)14-21-16(2)26-24(27-17(21)3)19-7-6-12-28(15-19)23(30)13-18-8-10-20(31-4)11-9-18/h8-11,19H,5-7,12-15H2,1-4H3,(H,25,29)/t19-/m1/s1. The molecule has 1 aromatic heterocycles. The molecule has 3 rings (SSSR count). The van der Waals surface area contributed by atoms with Gasteiger partial charge in [-0.1, -0.05) is 12.1 Å². The quantitative estimate of drug-likeness (QED) is 0.739. The number of hydrogen-bond acceptors (Lipinski definition) is 5. The van der Waals surface area contributed by atoms with Crippen molar-refractivity contribution in [3.63, 3.8) is 0 Å². The number of ether oxygens (including phenoxy) is 1. The average molecular weight is 425 g/mol. The lowest BCUT2D eigenvalue weighted by Crippen LogP contribution is -2.40.